The van der Waals surface area contributed by atoms with E-state index < -0.39 is 0 Å². The highest BCUT2D eigenvalue weighted by molar-refractivity contribution is 5.96. The van der Waals surface area contributed by atoms with Crippen molar-refractivity contribution in [3.63, 3.8) is 0 Å². The molecule has 0 bridgehead atoms. The van der Waals surface area contributed by atoms with Gasteiger partial charge in [-0.3, -0.25) is 4.98 Å². The Kier molecular flexibility index (Phi) is 3.31. The monoisotopic (exact) mass is 300 g/mol. The molecule has 0 amide bonds. The Balaban J connectivity index is 1.84. The van der Waals surface area contributed by atoms with Gasteiger partial charge in [-0.05, 0) is 42.0 Å². The number of pyridine rings is 1. The summed E-state index contributed by atoms with van der Waals surface area (Å²) < 4.78 is 5.22. The minimum absolute atomic E-state index is 0.858. The van der Waals surface area contributed by atoms with Gasteiger partial charge in [0.2, 0.25) is 0 Å². The van der Waals surface area contributed by atoms with Crippen molar-refractivity contribution in [1.29, 1.82) is 0 Å². The number of aromatic amines is 1. The van der Waals surface area contributed by atoms with Gasteiger partial charge >= 0.3 is 0 Å². The van der Waals surface area contributed by atoms with E-state index in [1.807, 2.05) is 42.6 Å². The van der Waals surface area contributed by atoms with E-state index in [1.54, 1.807) is 7.11 Å². The molecule has 4 rings (SSSR count). The second-order valence-electron chi connectivity index (χ2n) is 5.40. The van der Waals surface area contributed by atoms with E-state index in [2.05, 4.69) is 40.3 Å². The maximum atomic E-state index is 5.22. The first-order chi connectivity index (χ1) is 11.3. The Bertz CT molecular complexity index is 940. The molecule has 0 aliphatic carbocycles. The van der Waals surface area contributed by atoms with Crippen molar-refractivity contribution in [3.8, 4) is 28.3 Å². The van der Waals surface area contributed by atoms with Gasteiger partial charge < -0.3 is 9.72 Å². The number of rotatable bonds is 3. The molecule has 23 heavy (non-hydrogen) atoms. The number of ether oxygens (including phenoxy) is 1. The van der Waals surface area contributed by atoms with Gasteiger partial charge in [-0.1, -0.05) is 30.3 Å². The standard InChI is InChI=1S/C20H16N2O/c1-23-16-9-7-14(8-10-16)19-13-17-18(22-19)11-12-21-20(17)15-5-3-2-4-6-15/h2-13,22H,1H3. The third-order valence-corrected chi connectivity index (χ3v) is 4.00. The lowest BCUT2D eigenvalue weighted by molar-refractivity contribution is 0.415. The van der Waals surface area contributed by atoms with E-state index in [1.165, 1.54) is 0 Å². The fraction of sp³-hybridized carbons (Fsp3) is 0.0500. The topological polar surface area (TPSA) is 37.9 Å². The summed E-state index contributed by atoms with van der Waals surface area (Å²) in [5, 5.41) is 1.13. The molecule has 0 saturated heterocycles. The average Bonchev–Trinajstić information content (AvgIpc) is 3.06. The van der Waals surface area contributed by atoms with Crippen LogP contribution in [0.4, 0.5) is 0 Å². The first-order valence-electron chi connectivity index (χ1n) is 7.53. The third kappa shape index (κ3) is 2.46. The van der Waals surface area contributed by atoms with Crippen molar-refractivity contribution in [1.82, 2.24) is 9.97 Å². The number of nitrogens with one attached hydrogen (secondary N) is 1. The molecule has 1 N–H and O–H groups in total. The smallest absolute Gasteiger partial charge is 0.118 e. The summed E-state index contributed by atoms with van der Waals surface area (Å²) in [5.74, 6) is 0.858. The van der Waals surface area contributed by atoms with E-state index in [0.29, 0.717) is 0 Å². The van der Waals surface area contributed by atoms with Gasteiger partial charge in [-0.25, -0.2) is 0 Å². The molecule has 4 aromatic rings. The summed E-state index contributed by atoms with van der Waals surface area (Å²) in [7, 11) is 1.68. The molecule has 0 unspecified atom stereocenters. The molecule has 3 nitrogen and oxygen atoms in total. The van der Waals surface area contributed by atoms with Crippen molar-refractivity contribution < 1.29 is 4.74 Å². The highest BCUT2D eigenvalue weighted by atomic mass is 16.5. The van der Waals surface area contributed by atoms with Crippen LogP contribution in [-0.2, 0) is 0 Å². The summed E-state index contributed by atoms with van der Waals surface area (Å²) >= 11 is 0. The molecule has 2 heterocycles. The lowest BCUT2D eigenvalue weighted by Gasteiger charge is -2.01. The number of aromatic nitrogens is 2. The fourth-order valence-corrected chi connectivity index (χ4v) is 2.81. The second kappa shape index (κ2) is 5.61. The third-order valence-electron chi connectivity index (χ3n) is 4.00. The minimum Gasteiger partial charge on any atom is -0.497 e. The highest BCUT2D eigenvalue weighted by Gasteiger charge is 2.09. The number of fused-ring (bicyclic) bond motifs is 1. The number of hydrogen-bond acceptors (Lipinski definition) is 2. The van der Waals surface area contributed by atoms with Crippen LogP contribution in [0.3, 0.4) is 0 Å². The lowest BCUT2D eigenvalue weighted by atomic mass is 10.1. The van der Waals surface area contributed by atoms with Gasteiger partial charge in [0.1, 0.15) is 5.75 Å². The summed E-state index contributed by atoms with van der Waals surface area (Å²) in [4.78, 5) is 8.05. The molecule has 0 radical (unpaired) electrons. The molecule has 0 saturated carbocycles. The van der Waals surface area contributed by atoms with Gasteiger partial charge in [-0.15, -0.1) is 0 Å². The number of methoxy groups -OCH3 is 1. The van der Waals surface area contributed by atoms with E-state index in [0.717, 1.165) is 39.2 Å². The number of benzene rings is 2. The largest absolute Gasteiger partial charge is 0.497 e. The van der Waals surface area contributed by atoms with Gasteiger partial charge in [0, 0.05) is 28.4 Å². The minimum atomic E-state index is 0.858. The Morgan fingerprint density at radius 3 is 2.39 bits per heavy atom. The van der Waals surface area contributed by atoms with Crippen LogP contribution in [0, 0.1) is 0 Å². The summed E-state index contributed by atoms with van der Waals surface area (Å²) in [6.07, 6.45) is 1.85. The van der Waals surface area contributed by atoms with Crippen LogP contribution in [0.5, 0.6) is 5.75 Å². The first kappa shape index (κ1) is 13.6. The molecule has 112 valence electrons. The van der Waals surface area contributed by atoms with Crippen molar-refractivity contribution in [2.45, 2.75) is 0 Å². The van der Waals surface area contributed by atoms with Crippen molar-refractivity contribution in [2.75, 3.05) is 7.11 Å². The molecule has 3 heteroatoms. The molecule has 0 aliphatic heterocycles. The maximum absolute atomic E-state index is 5.22. The quantitative estimate of drug-likeness (QED) is 0.584. The zero-order chi connectivity index (χ0) is 15.6. The molecule has 0 aliphatic rings. The molecule has 0 fully saturated rings. The summed E-state index contributed by atoms with van der Waals surface area (Å²) in [5.41, 5.74) is 5.41. The van der Waals surface area contributed by atoms with Crippen LogP contribution >= 0.6 is 0 Å². The lowest BCUT2D eigenvalue weighted by Crippen LogP contribution is -1.83. The predicted octanol–water partition coefficient (Wildman–Crippen LogP) is 4.91. The number of nitrogens with zero attached hydrogens (tertiary/aromatic N) is 1. The molecule has 0 spiro atoms. The molecular formula is C20H16N2O. The molecule has 0 atom stereocenters. The van der Waals surface area contributed by atoms with Gasteiger partial charge in [0.05, 0.1) is 12.8 Å². The Morgan fingerprint density at radius 1 is 0.870 bits per heavy atom. The summed E-state index contributed by atoms with van der Waals surface area (Å²) in [6.45, 7) is 0. The van der Waals surface area contributed by atoms with Crippen LogP contribution in [0.1, 0.15) is 0 Å². The Labute approximate surface area is 134 Å². The number of H-pyrrole nitrogens is 1. The van der Waals surface area contributed by atoms with Gasteiger partial charge in [0.15, 0.2) is 0 Å². The Hall–Kier alpha value is -3.07. The predicted molar refractivity (Wildman–Crippen MR) is 93.5 cm³/mol. The van der Waals surface area contributed by atoms with Crippen LogP contribution in [0.2, 0.25) is 0 Å². The van der Waals surface area contributed by atoms with Crippen molar-refractivity contribution in [3.05, 3.63) is 72.9 Å². The zero-order valence-electron chi connectivity index (χ0n) is 12.8. The van der Waals surface area contributed by atoms with Crippen LogP contribution in [-0.4, -0.2) is 17.1 Å². The highest BCUT2D eigenvalue weighted by Crippen LogP contribution is 2.31. The van der Waals surface area contributed by atoms with Crippen molar-refractivity contribution in [2.24, 2.45) is 0 Å². The zero-order valence-corrected chi connectivity index (χ0v) is 12.8. The van der Waals surface area contributed by atoms with E-state index in [9.17, 15) is 0 Å². The van der Waals surface area contributed by atoms with E-state index in [-0.39, 0.29) is 0 Å². The van der Waals surface area contributed by atoms with Crippen LogP contribution in [0.25, 0.3) is 33.4 Å². The second-order valence-corrected chi connectivity index (χ2v) is 5.40. The summed E-state index contributed by atoms with van der Waals surface area (Å²) in [6, 6.07) is 22.5. The maximum Gasteiger partial charge on any atom is 0.118 e. The van der Waals surface area contributed by atoms with E-state index >= 15 is 0 Å². The molecule has 2 aromatic heterocycles. The fourth-order valence-electron chi connectivity index (χ4n) is 2.81. The normalized spacial score (nSPS) is 10.8. The van der Waals surface area contributed by atoms with Crippen LogP contribution in [0.15, 0.2) is 72.9 Å². The molecule has 2 aromatic carbocycles. The van der Waals surface area contributed by atoms with Gasteiger partial charge in [-0.2, -0.15) is 0 Å². The number of hydrogen-bond donors (Lipinski definition) is 1. The van der Waals surface area contributed by atoms with Crippen LogP contribution < -0.4 is 4.74 Å². The van der Waals surface area contributed by atoms with Gasteiger partial charge in [0.25, 0.3) is 0 Å². The van der Waals surface area contributed by atoms with E-state index in [4.69, 9.17) is 4.74 Å². The first-order valence-corrected chi connectivity index (χ1v) is 7.53. The Morgan fingerprint density at radius 2 is 1.65 bits per heavy atom. The SMILES string of the molecule is COc1ccc(-c2cc3c(-c4ccccc4)nccc3[nH]2)cc1. The molecular weight excluding hydrogens is 284 g/mol. The average molecular weight is 300 g/mol. The van der Waals surface area contributed by atoms with Crippen molar-refractivity contribution >= 4 is 10.9 Å².